The predicted octanol–water partition coefficient (Wildman–Crippen LogP) is 7.11. The highest BCUT2D eigenvalue weighted by Gasteiger charge is 2.30. The molecule has 1 unspecified atom stereocenters. The predicted molar refractivity (Wildman–Crippen MR) is 120 cm³/mol. The van der Waals surface area contributed by atoms with Crippen molar-refractivity contribution < 1.29 is 22.7 Å². The molecule has 2 aromatic carbocycles. The molecule has 0 bridgehead atoms. The van der Waals surface area contributed by atoms with E-state index in [4.69, 9.17) is 16.3 Å². The fraction of sp³-hybridized carbons (Fsp3) is 0.250. The molecule has 0 aromatic heterocycles. The van der Waals surface area contributed by atoms with Crippen molar-refractivity contribution >= 4 is 28.4 Å². The van der Waals surface area contributed by atoms with Crippen molar-refractivity contribution in [3.8, 4) is 0 Å². The molecular formula is C24H22ClF3N2O2. The fourth-order valence-corrected chi connectivity index (χ4v) is 3.27. The maximum Gasteiger partial charge on any atom is 0.416 e. The van der Waals surface area contributed by atoms with Crippen molar-refractivity contribution in [3.63, 3.8) is 0 Å². The number of carbonyl (C=O) groups is 1. The second-order valence-corrected chi connectivity index (χ2v) is 7.86. The quantitative estimate of drug-likeness (QED) is 0.514. The Bertz CT molecular complexity index is 1080. The summed E-state index contributed by atoms with van der Waals surface area (Å²) in [7, 11) is 0. The molecule has 0 spiro atoms. The Hall–Kier alpha value is -3.06. The van der Waals surface area contributed by atoms with Crippen molar-refractivity contribution in [1.82, 2.24) is 0 Å². The number of ether oxygens (including phenoxy) is 1. The highest BCUT2D eigenvalue weighted by molar-refractivity contribution is 6.68. The van der Waals surface area contributed by atoms with E-state index in [9.17, 15) is 18.0 Å². The SMILES string of the molecule is CC1\C=C(O[C@@H](C)c2cccc(NC(=O)c3cccc(C(F)(F)F)c3)c2)/N=C(Cl)\C=C\C1. The minimum absolute atomic E-state index is 0.0831. The van der Waals surface area contributed by atoms with Crippen molar-refractivity contribution in [2.75, 3.05) is 5.32 Å². The van der Waals surface area contributed by atoms with E-state index >= 15 is 0 Å². The van der Waals surface area contributed by atoms with Crippen molar-refractivity contribution in [2.24, 2.45) is 10.9 Å². The van der Waals surface area contributed by atoms with Gasteiger partial charge in [-0.15, -0.1) is 0 Å². The summed E-state index contributed by atoms with van der Waals surface area (Å²) in [6.45, 7) is 3.87. The molecule has 0 saturated carbocycles. The molecule has 0 fully saturated rings. The van der Waals surface area contributed by atoms with Gasteiger partial charge in [-0.25, -0.2) is 4.99 Å². The minimum Gasteiger partial charge on any atom is -0.470 e. The molecule has 32 heavy (non-hydrogen) atoms. The summed E-state index contributed by atoms with van der Waals surface area (Å²) in [4.78, 5) is 16.7. The van der Waals surface area contributed by atoms with E-state index in [1.54, 1.807) is 24.3 Å². The first-order chi connectivity index (χ1) is 15.1. The zero-order chi connectivity index (χ0) is 23.3. The second-order valence-electron chi connectivity index (χ2n) is 7.47. The highest BCUT2D eigenvalue weighted by Crippen LogP contribution is 2.30. The van der Waals surface area contributed by atoms with Crippen LogP contribution in [0, 0.1) is 5.92 Å². The van der Waals surface area contributed by atoms with Gasteiger partial charge in [0.15, 0.2) is 0 Å². The molecule has 0 radical (unpaired) electrons. The molecule has 1 N–H and O–H groups in total. The topological polar surface area (TPSA) is 50.7 Å². The number of nitrogens with zero attached hydrogens (tertiary/aromatic N) is 1. The van der Waals surface area contributed by atoms with Crippen LogP contribution in [0.2, 0.25) is 0 Å². The minimum atomic E-state index is -4.52. The van der Waals surface area contributed by atoms with Crippen molar-refractivity contribution in [3.05, 3.63) is 89.3 Å². The van der Waals surface area contributed by atoms with E-state index in [0.29, 0.717) is 16.7 Å². The average molecular weight is 463 g/mol. The van der Waals surface area contributed by atoms with Gasteiger partial charge in [0.25, 0.3) is 5.91 Å². The molecule has 3 rings (SSSR count). The van der Waals surface area contributed by atoms with E-state index in [1.807, 2.05) is 32.1 Å². The fourth-order valence-electron chi connectivity index (χ4n) is 3.10. The van der Waals surface area contributed by atoms with Crippen molar-refractivity contribution in [2.45, 2.75) is 32.5 Å². The molecule has 1 aliphatic rings. The van der Waals surface area contributed by atoms with Gasteiger partial charge >= 0.3 is 6.18 Å². The number of benzene rings is 2. The first-order valence-electron chi connectivity index (χ1n) is 9.99. The third-order valence-electron chi connectivity index (χ3n) is 4.77. The maximum atomic E-state index is 12.9. The van der Waals surface area contributed by atoms with E-state index in [1.165, 1.54) is 12.1 Å². The molecule has 2 aromatic rings. The third kappa shape index (κ3) is 6.47. The van der Waals surface area contributed by atoms with Crippen LogP contribution in [0.1, 0.15) is 47.9 Å². The Morgan fingerprint density at radius 3 is 2.72 bits per heavy atom. The summed E-state index contributed by atoms with van der Waals surface area (Å²) in [6.07, 6.45) is 1.45. The second kappa shape index (κ2) is 10.0. The zero-order valence-electron chi connectivity index (χ0n) is 17.5. The molecule has 8 heteroatoms. The largest absolute Gasteiger partial charge is 0.470 e. The summed E-state index contributed by atoms with van der Waals surface area (Å²) in [5, 5.41) is 2.95. The Morgan fingerprint density at radius 1 is 1.22 bits per heavy atom. The molecule has 4 nitrogen and oxygen atoms in total. The van der Waals surface area contributed by atoms with E-state index in [0.717, 1.165) is 24.1 Å². The molecule has 2 atom stereocenters. The lowest BCUT2D eigenvalue weighted by Gasteiger charge is -2.18. The maximum absolute atomic E-state index is 12.9. The number of carbonyl (C=O) groups excluding carboxylic acids is 1. The molecule has 168 valence electrons. The van der Waals surface area contributed by atoms with Crippen LogP contribution < -0.4 is 5.32 Å². The summed E-state index contributed by atoms with van der Waals surface area (Å²) in [5.74, 6) is -0.0145. The van der Waals surface area contributed by atoms with Gasteiger partial charge in [-0.1, -0.05) is 42.8 Å². The van der Waals surface area contributed by atoms with Gasteiger partial charge in [-0.3, -0.25) is 4.79 Å². The molecule has 1 heterocycles. The van der Waals surface area contributed by atoms with Gasteiger partial charge in [0.2, 0.25) is 5.88 Å². The van der Waals surface area contributed by atoms with Gasteiger partial charge in [-0.05, 0) is 67.3 Å². The summed E-state index contributed by atoms with van der Waals surface area (Å²) < 4.78 is 44.7. The lowest BCUT2D eigenvalue weighted by molar-refractivity contribution is -0.137. The van der Waals surface area contributed by atoms with Crippen LogP contribution in [0.4, 0.5) is 18.9 Å². The van der Waals surface area contributed by atoms with Gasteiger partial charge < -0.3 is 10.1 Å². The lowest BCUT2D eigenvalue weighted by atomic mass is 10.1. The normalized spacial score (nSPS) is 21.8. The van der Waals surface area contributed by atoms with Crippen LogP contribution in [-0.4, -0.2) is 11.1 Å². The Balaban J connectivity index is 1.74. The van der Waals surface area contributed by atoms with Gasteiger partial charge in [0.05, 0.1) is 5.56 Å². The average Bonchev–Trinajstić information content (AvgIpc) is 2.72. The number of amides is 1. The number of hydrogen-bond donors (Lipinski definition) is 1. The van der Waals surface area contributed by atoms with Crippen LogP contribution in [0.25, 0.3) is 0 Å². The monoisotopic (exact) mass is 462 g/mol. The first kappa shape index (κ1) is 23.6. The standard InChI is InChI=1S/C24H22ClF3N2O2/c1-15-6-3-11-21(25)30-22(12-15)32-16(2)17-7-5-10-20(14-17)29-23(31)18-8-4-9-19(13-18)24(26,27)28/h3-5,7-16H,6H2,1-2H3,(H,29,31)/b11-3+,22-12+,30-21+/t15?,16-/m0/s1. The summed E-state index contributed by atoms with van der Waals surface area (Å²) in [5.41, 5.74) is 0.228. The number of rotatable bonds is 5. The summed E-state index contributed by atoms with van der Waals surface area (Å²) in [6, 6.07) is 11.2. The van der Waals surface area contributed by atoms with Crippen LogP contribution in [0.3, 0.4) is 0 Å². The van der Waals surface area contributed by atoms with Gasteiger partial charge in [0.1, 0.15) is 11.3 Å². The number of hydrogen-bond acceptors (Lipinski definition) is 3. The number of alkyl halides is 3. The van der Waals surface area contributed by atoms with E-state index in [2.05, 4.69) is 10.3 Å². The van der Waals surface area contributed by atoms with Crippen molar-refractivity contribution in [1.29, 1.82) is 0 Å². The number of nitrogens with one attached hydrogen (secondary N) is 1. The van der Waals surface area contributed by atoms with Gasteiger partial charge in [0, 0.05) is 11.3 Å². The first-order valence-corrected chi connectivity index (χ1v) is 10.4. The van der Waals surface area contributed by atoms with E-state index < -0.39 is 23.8 Å². The molecular weight excluding hydrogens is 441 g/mol. The lowest BCUT2D eigenvalue weighted by Crippen LogP contribution is -2.14. The van der Waals surface area contributed by atoms with Crippen LogP contribution >= 0.6 is 11.6 Å². The molecule has 0 aliphatic carbocycles. The number of allylic oxidation sites excluding steroid dienone is 3. The third-order valence-corrected chi connectivity index (χ3v) is 4.98. The Morgan fingerprint density at radius 2 is 1.97 bits per heavy atom. The number of anilines is 1. The molecule has 0 saturated heterocycles. The Kier molecular flexibility index (Phi) is 7.40. The zero-order valence-corrected chi connectivity index (χ0v) is 18.2. The molecule has 1 aliphatic heterocycles. The van der Waals surface area contributed by atoms with Gasteiger partial charge in [-0.2, -0.15) is 13.2 Å². The number of aliphatic imine (C=N–C) groups is 1. The Labute approximate surface area is 189 Å². The van der Waals surface area contributed by atoms with Crippen LogP contribution in [0.15, 0.2) is 77.6 Å². The summed E-state index contributed by atoms with van der Waals surface area (Å²) >= 11 is 6.07. The highest BCUT2D eigenvalue weighted by atomic mass is 35.5. The van der Waals surface area contributed by atoms with Crippen LogP contribution in [0.5, 0.6) is 0 Å². The molecule has 1 amide bonds. The number of halogens is 4. The smallest absolute Gasteiger partial charge is 0.416 e. The van der Waals surface area contributed by atoms with Crippen LogP contribution in [-0.2, 0) is 10.9 Å². The van der Waals surface area contributed by atoms with E-state index in [-0.39, 0.29) is 11.5 Å².